The molecule has 4 N–H and O–H groups in total. The highest BCUT2D eigenvalue weighted by atomic mass is 16.7. The maximum atomic E-state index is 11.2. The fourth-order valence-electron chi connectivity index (χ4n) is 4.61. The molecule has 1 aliphatic rings. The average molecular weight is 521 g/mol. The maximum absolute atomic E-state index is 11.2. The predicted molar refractivity (Wildman–Crippen MR) is 143 cm³/mol. The number of aliphatic hydroxyl groups is 2. The van der Waals surface area contributed by atoms with Gasteiger partial charge in [0.15, 0.2) is 6.29 Å². The maximum Gasteiger partial charge on any atom is 0.217 e. The van der Waals surface area contributed by atoms with Crippen LogP contribution >= 0.6 is 0 Å². The van der Waals surface area contributed by atoms with E-state index in [1.165, 1.54) is 6.92 Å². The Balaban J connectivity index is 1.47. The summed E-state index contributed by atoms with van der Waals surface area (Å²) >= 11 is 0. The molecular formula is C30H36N2O6. The SMILES string of the molecule is CC(=O)NCc1ccc([C@@H]2O[C@H](CN(C)C[C@@H](O)c3cccc(O)c3)C[C@H](c3ccc(CO)cc3)O2)cc1. The molecule has 1 amide bonds. The number of benzene rings is 3. The number of carbonyl (C=O) groups excluding carboxylic acids is 1. The molecule has 38 heavy (non-hydrogen) atoms. The summed E-state index contributed by atoms with van der Waals surface area (Å²) in [7, 11) is 1.93. The van der Waals surface area contributed by atoms with Crippen molar-refractivity contribution < 1.29 is 29.6 Å². The molecule has 0 aromatic heterocycles. The van der Waals surface area contributed by atoms with E-state index in [1.54, 1.807) is 24.3 Å². The molecule has 202 valence electrons. The van der Waals surface area contributed by atoms with Crippen LogP contribution in [0.1, 0.15) is 59.7 Å². The van der Waals surface area contributed by atoms with Gasteiger partial charge in [-0.2, -0.15) is 0 Å². The smallest absolute Gasteiger partial charge is 0.217 e. The van der Waals surface area contributed by atoms with Crippen LogP contribution in [0.4, 0.5) is 0 Å². The van der Waals surface area contributed by atoms with Crippen LogP contribution in [-0.4, -0.2) is 52.4 Å². The van der Waals surface area contributed by atoms with E-state index in [-0.39, 0.29) is 30.5 Å². The molecule has 4 atom stereocenters. The Morgan fingerprint density at radius 1 is 1.03 bits per heavy atom. The number of nitrogens with one attached hydrogen (secondary N) is 1. The monoisotopic (exact) mass is 520 g/mol. The van der Waals surface area contributed by atoms with Crippen molar-refractivity contribution in [1.82, 2.24) is 10.2 Å². The van der Waals surface area contributed by atoms with E-state index in [4.69, 9.17) is 9.47 Å². The van der Waals surface area contributed by atoms with Crippen LogP contribution < -0.4 is 5.32 Å². The number of rotatable bonds is 10. The van der Waals surface area contributed by atoms with Gasteiger partial charge in [-0.3, -0.25) is 4.79 Å². The van der Waals surface area contributed by atoms with Crippen LogP contribution in [-0.2, 0) is 27.4 Å². The van der Waals surface area contributed by atoms with Gasteiger partial charge in [0.1, 0.15) is 5.75 Å². The molecule has 8 nitrogen and oxygen atoms in total. The van der Waals surface area contributed by atoms with E-state index in [9.17, 15) is 20.1 Å². The molecule has 1 heterocycles. The highest BCUT2D eigenvalue weighted by molar-refractivity contribution is 5.72. The first-order valence-corrected chi connectivity index (χ1v) is 12.8. The number of likely N-dealkylation sites (N-methyl/N-ethyl adjacent to an activating group) is 1. The first kappa shape index (κ1) is 27.8. The second-order valence-corrected chi connectivity index (χ2v) is 9.83. The number of hydrogen-bond donors (Lipinski definition) is 4. The van der Waals surface area contributed by atoms with Crippen molar-refractivity contribution in [1.29, 1.82) is 0 Å². The average Bonchev–Trinajstić information content (AvgIpc) is 2.92. The number of nitrogens with zero attached hydrogens (tertiary/aromatic N) is 1. The number of phenolic OH excluding ortho intramolecular Hbond substituents is 1. The van der Waals surface area contributed by atoms with Crippen LogP contribution in [0.25, 0.3) is 0 Å². The Morgan fingerprint density at radius 3 is 2.37 bits per heavy atom. The third-order valence-electron chi connectivity index (χ3n) is 6.66. The van der Waals surface area contributed by atoms with E-state index in [1.807, 2.05) is 60.5 Å². The quantitative estimate of drug-likeness (QED) is 0.322. The number of ether oxygens (including phenoxy) is 2. The molecule has 1 fully saturated rings. The third-order valence-corrected chi connectivity index (χ3v) is 6.66. The van der Waals surface area contributed by atoms with Crippen LogP contribution in [0.5, 0.6) is 5.75 Å². The van der Waals surface area contributed by atoms with Crippen LogP contribution in [0.2, 0.25) is 0 Å². The van der Waals surface area contributed by atoms with E-state index in [2.05, 4.69) is 5.32 Å². The molecule has 1 aliphatic heterocycles. The largest absolute Gasteiger partial charge is 0.508 e. The van der Waals surface area contributed by atoms with E-state index >= 15 is 0 Å². The number of amides is 1. The van der Waals surface area contributed by atoms with E-state index in [0.29, 0.717) is 31.6 Å². The van der Waals surface area contributed by atoms with Gasteiger partial charge in [0, 0.05) is 38.5 Å². The Hall–Kier alpha value is -3.27. The first-order chi connectivity index (χ1) is 18.3. The molecule has 0 aliphatic carbocycles. The zero-order valence-corrected chi connectivity index (χ0v) is 21.8. The van der Waals surface area contributed by atoms with Gasteiger partial charge < -0.3 is 35.0 Å². The van der Waals surface area contributed by atoms with Crippen molar-refractivity contribution in [2.45, 2.75) is 51.1 Å². The van der Waals surface area contributed by atoms with Gasteiger partial charge in [-0.25, -0.2) is 0 Å². The number of phenols is 1. The van der Waals surface area contributed by atoms with E-state index < -0.39 is 12.4 Å². The van der Waals surface area contributed by atoms with Gasteiger partial charge in [0.2, 0.25) is 5.91 Å². The molecule has 3 aromatic carbocycles. The molecule has 3 aromatic rings. The van der Waals surface area contributed by atoms with Gasteiger partial charge in [0.25, 0.3) is 0 Å². The lowest BCUT2D eigenvalue weighted by molar-refractivity contribution is -0.252. The summed E-state index contributed by atoms with van der Waals surface area (Å²) in [5, 5.41) is 32.7. The molecule has 1 saturated heterocycles. The lowest BCUT2D eigenvalue weighted by Crippen LogP contribution is -2.39. The lowest BCUT2D eigenvalue weighted by Gasteiger charge is -2.38. The Bertz CT molecular complexity index is 1180. The number of aliphatic hydroxyl groups excluding tert-OH is 2. The zero-order chi connectivity index (χ0) is 27.1. The summed E-state index contributed by atoms with van der Waals surface area (Å²) < 4.78 is 12.8. The van der Waals surface area contributed by atoms with Crippen molar-refractivity contribution in [2.24, 2.45) is 0 Å². The lowest BCUT2D eigenvalue weighted by atomic mass is 9.99. The number of aromatic hydroxyl groups is 1. The zero-order valence-electron chi connectivity index (χ0n) is 21.8. The minimum Gasteiger partial charge on any atom is -0.508 e. The standard InChI is InChI=1S/C30H36N2O6/c1-20(34)31-16-21-6-12-24(13-7-21)30-37-27(15-29(38-30)23-10-8-22(19-33)9-11-23)17-32(2)18-28(36)25-4-3-5-26(35)14-25/h3-14,27-30,33,35-36H,15-19H2,1-2H3,(H,31,34)/t27-,28+,29+,30+/m0/s1. The number of hydrogen-bond acceptors (Lipinski definition) is 7. The predicted octanol–water partition coefficient (Wildman–Crippen LogP) is 3.73. The third kappa shape index (κ3) is 7.63. The van der Waals surface area contributed by atoms with Gasteiger partial charge >= 0.3 is 0 Å². The summed E-state index contributed by atoms with van der Waals surface area (Å²) in [6, 6.07) is 22.2. The Kier molecular flexibility index (Phi) is 9.49. The van der Waals surface area contributed by atoms with Crippen molar-refractivity contribution >= 4 is 5.91 Å². The van der Waals surface area contributed by atoms with Crippen LogP contribution in [0, 0.1) is 0 Å². The van der Waals surface area contributed by atoms with Crippen molar-refractivity contribution in [3.05, 3.63) is 101 Å². The Morgan fingerprint density at radius 2 is 1.71 bits per heavy atom. The fraction of sp³-hybridized carbons (Fsp3) is 0.367. The second-order valence-electron chi connectivity index (χ2n) is 9.83. The van der Waals surface area contributed by atoms with E-state index in [0.717, 1.165) is 22.3 Å². The fourth-order valence-corrected chi connectivity index (χ4v) is 4.61. The summed E-state index contributed by atoms with van der Waals surface area (Å²) in [4.78, 5) is 13.3. The van der Waals surface area contributed by atoms with Gasteiger partial charge in [0.05, 0.1) is 24.9 Å². The minimum atomic E-state index is -0.749. The minimum absolute atomic E-state index is 0.0166. The van der Waals surface area contributed by atoms with Crippen LogP contribution in [0.15, 0.2) is 72.8 Å². The normalized spacial score (nSPS) is 20.3. The molecule has 0 spiro atoms. The molecular weight excluding hydrogens is 484 g/mol. The molecule has 0 unspecified atom stereocenters. The molecule has 0 bridgehead atoms. The molecule has 4 rings (SSSR count). The summed E-state index contributed by atoms with van der Waals surface area (Å²) in [5.41, 5.74) is 4.35. The topological polar surface area (TPSA) is 111 Å². The van der Waals surface area contributed by atoms with Gasteiger partial charge in [-0.05, 0) is 41.4 Å². The summed E-state index contributed by atoms with van der Waals surface area (Å²) in [6.07, 6.45) is -1.09. The second kappa shape index (κ2) is 13.0. The summed E-state index contributed by atoms with van der Waals surface area (Å²) in [6.45, 7) is 2.88. The highest BCUT2D eigenvalue weighted by Gasteiger charge is 2.33. The number of carbonyl (C=O) groups is 1. The highest BCUT2D eigenvalue weighted by Crippen LogP contribution is 2.38. The van der Waals surface area contributed by atoms with Gasteiger partial charge in [-0.1, -0.05) is 60.7 Å². The summed E-state index contributed by atoms with van der Waals surface area (Å²) in [5.74, 6) is 0.0437. The molecule has 0 radical (unpaired) electrons. The van der Waals surface area contributed by atoms with Gasteiger partial charge in [-0.15, -0.1) is 0 Å². The van der Waals surface area contributed by atoms with Crippen LogP contribution in [0.3, 0.4) is 0 Å². The Labute approximate surface area is 223 Å². The molecule has 0 saturated carbocycles. The van der Waals surface area contributed by atoms with Crippen molar-refractivity contribution in [2.75, 3.05) is 20.1 Å². The van der Waals surface area contributed by atoms with Crippen molar-refractivity contribution in [3.8, 4) is 5.75 Å². The molecule has 8 heteroatoms. The first-order valence-electron chi connectivity index (χ1n) is 12.8. The van der Waals surface area contributed by atoms with Crippen molar-refractivity contribution in [3.63, 3.8) is 0 Å².